The van der Waals surface area contributed by atoms with Crippen molar-refractivity contribution < 1.29 is 4.79 Å². The Morgan fingerprint density at radius 2 is 2.00 bits per heavy atom. The van der Waals surface area contributed by atoms with E-state index in [1.165, 1.54) is 11.8 Å². The number of nitrogens with zero attached hydrogens (tertiary/aromatic N) is 3. The van der Waals surface area contributed by atoms with E-state index in [4.69, 9.17) is 4.99 Å². The van der Waals surface area contributed by atoms with Crippen molar-refractivity contribution >= 4 is 44.5 Å². The summed E-state index contributed by atoms with van der Waals surface area (Å²) in [4.78, 5) is 17.8. The number of hydrogen-bond donors (Lipinski definition) is 1. The first kappa shape index (κ1) is 17.3. The molecule has 0 saturated carbocycles. The number of carbonyl (C=O) groups excluding carboxylic acids is 1. The molecule has 0 aromatic heterocycles. The molecule has 0 spiro atoms. The molecule has 26 heavy (non-hydrogen) atoms. The van der Waals surface area contributed by atoms with E-state index in [0.29, 0.717) is 10.9 Å². The molecule has 2 aliphatic rings. The maximum absolute atomic E-state index is 12.9. The van der Waals surface area contributed by atoms with E-state index in [1.807, 2.05) is 24.5 Å². The zero-order chi connectivity index (χ0) is 18.4. The van der Waals surface area contributed by atoms with Gasteiger partial charge in [-0.15, -0.1) is 5.10 Å². The molecule has 0 saturated heterocycles. The maximum Gasteiger partial charge on any atom is 0.276 e. The lowest BCUT2D eigenvalue weighted by Crippen LogP contribution is -2.50. The molecule has 2 aromatic rings. The highest BCUT2D eigenvalue weighted by Gasteiger charge is 2.34. The lowest BCUT2D eigenvalue weighted by atomic mass is 10.0. The van der Waals surface area contributed by atoms with Crippen LogP contribution in [0, 0.1) is 13.8 Å². The molecular formula is C19H17BrN4OS. The normalized spacial score (nSPS) is 18.5. The Bertz CT molecular complexity index is 1080. The summed E-state index contributed by atoms with van der Waals surface area (Å²) in [6.45, 7) is 4.12. The highest BCUT2D eigenvalue weighted by Crippen LogP contribution is 2.32. The predicted octanol–water partition coefficient (Wildman–Crippen LogP) is 2.57. The van der Waals surface area contributed by atoms with Gasteiger partial charge >= 0.3 is 0 Å². The van der Waals surface area contributed by atoms with Crippen LogP contribution in [-0.2, 0) is 4.79 Å². The lowest BCUT2D eigenvalue weighted by molar-refractivity contribution is -0.116. The van der Waals surface area contributed by atoms with Gasteiger partial charge in [-0.1, -0.05) is 51.5 Å². The van der Waals surface area contributed by atoms with Gasteiger partial charge in [0.25, 0.3) is 5.91 Å². The van der Waals surface area contributed by atoms with Crippen LogP contribution in [0.25, 0.3) is 5.70 Å². The average Bonchev–Trinajstić information content (AvgIpc) is 2.62. The number of hydrazone groups is 1. The fraction of sp³-hybridized carbons (Fsp3) is 0.211. The molecule has 0 radical (unpaired) electrons. The molecule has 0 unspecified atom stereocenters. The maximum atomic E-state index is 12.9. The van der Waals surface area contributed by atoms with Crippen molar-refractivity contribution in [2.45, 2.75) is 20.0 Å². The third kappa shape index (κ3) is 2.85. The number of amides is 1. The number of halogens is 1. The number of rotatable bonds is 1. The van der Waals surface area contributed by atoms with Gasteiger partial charge in [0.15, 0.2) is 11.3 Å². The second-order valence-corrected chi connectivity index (χ2v) is 7.99. The van der Waals surface area contributed by atoms with Gasteiger partial charge in [0.05, 0.1) is 5.36 Å². The van der Waals surface area contributed by atoms with Crippen molar-refractivity contribution in [3.63, 3.8) is 0 Å². The number of thioether (sulfide) groups is 1. The van der Waals surface area contributed by atoms with Gasteiger partial charge < -0.3 is 0 Å². The van der Waals surface area contributed by atoms with Crippen LogP contribution in [0.1, 0.15) is 22.9 Å². The zero-order valence-electron chi connectivity index (χ0n) is 14.6. The summed E-state index contributed by atoms with van der Waals surface area (Å²) >= 11 is 4.89. The van der Waals surface area contributed by atoms with E-state index in [1.54, 1.807) is 5.01 Å². The summed E-state index contributed by atoms with van der Waals surface area (Å²) in [5.41, 5.74) is 3.85. The number of aryl methyl sites for hydroxylation is 2. The third-order valence-corrected chi connectivity index (χ3v) is 5.54. The fourth-order valence-electron chi connectivity index (χ4n) is 3.18. The van der Waals surface area contributed by atoms with Gasteiger partial charge in [-0.3, -0.25) is 15.1 Å². The molecule has 2 heterocycles. The molecule has 0 aliphatic carbocycles. The topological polar surface area (TPSA) is 57.1 Å². The van der Waals surface area contributed by atoms with Crippen LogP contribution in [0.15, 0.2) is 51.0 Å². The molecule has 0 bridgehead atoms. The fourth-order valence-corrected chi connectivity index (χ4v) is 3.91. The molecule has 1 amide bonds. The SMILES string of the molecule is CSC1=NN2C(=c3cc(Br)ccc3=N[C@@H]2c2cc(C)ccc2C)C(=O)N1. The number of amidine groups is 1. The van der Waals surface area contributed by atoms with Crippen molar-refractivity contribution in [3.05, 3.63) is 68.1 Å². The van der Waals surface area contributed by atoms with Crippen LogP contribution < -0.4 is 15.9 Å². The molecule has 7 heteroatoms. The van der Waals surface area contributed by atoms with E-state index >= 15 is 0 Å². The minimum atomic E-state index is -0.369. The molecule has 1 atom stereocenters. The Hall–Kier alpha value is -2.12. The summed E-state index contributed by atoms with van der Waals surface area (Å²) < 4.78 is 0.900. The number of hydrogen-bond acceptors (Lipinski definition) is 5. The third-order valence-electron chi connectivity index (χ3n) is 4.48. The van der Waals surface area contributed by atoms with E-state index in [0.717, 1.165) is 31.7 Å². The lowest BCUT2D eigenvalue weighted by Gasteiger charge is -2.34. The highest BCUT2D eigenvalue weighted by molar-refractivity contribution is 9.10. The first-order valence-corrected chi connectivity index (χ1v) is 10.2. The second kappa shape index (κ2) is 6.55. The highest BCUT2D eigenvalue weighted by atomic mass is 79.9. The zero-order valence-corrected chi connectivity index (χ0v) is 17.0. The van der Waals surface area contributed by atoms with Crippen molar-refractivity contribution in [1.29, 1.82) is 0 Å². The quantitative estimate of drug-likeness (QED) is 0.759. The van der Waals surface area contributed by atoms with Crippen LogP contribution >= 0.6 is 27.7 Å². The van der Waals surface area contributed by atoms with Crippen molar-refractivity contribution in [2.24, 2.45) is 10.1 Å². The van der Waals surface area contributed by atoms with Gasteiger partial charge in [-0.05, 0) is 43.9 Å². The first-order valence-electron chi connectivity index (χ1n) is 8.16. The summed E-state index contributed by atoms with van der Waals surface area (Å²) in [5, 5.41) is 11.4. The van der Waals surface area contributed by atoms with Crippen molar-refractivity contribution in [2.75, 3.05) is 6.26 Å². The van der Waals surface area contributed by atoms with Gasteiger partial charge in [-0.2, -0.15) is 0 Å². The van der Waals surface area contributed by atoms with E-state index in [9.17, 15) is 4.79 Å². The summed E-state index contributed by atoms with van der Waals surface area (Å²) in [5.74, 6) is -0.158. The first-order chi connectivity index (χ1) is 12.5. The average molecular weight is 429 g/mol. The minimum absolute atomic E-state index is 0.158. The molecule has 4 rings (SSSR count). The summed E-state index contributed by atoms with van der Waals surface area (Å²) in [6, 6.07) is 12.1. The van der Waals surface area contributed by atoms with Gasteiger partial charge in [0, 0.05) is 15.3 Å². The summed E-state index contributed by atoms with van der Waals surface area (Å²) in [6.07, 6.45) is 1.52. The Morgan fingerprint density at radius 3 is 2.77 bits per heavy atom. The molecule has 5 nitrogen and oxygen atoms in total. The van der Waals surface area contributed by atoms with Gasteiger partial charge in [0.2, 0.25) is 0 Å². The number of benzene rings is 2. The van der Waals surface area contributed by atoms with Gasteiger partial charge in [-0.25, -0.2) is 5.01 Å². The molecule has 0 fully saturated rings. The Labute approximate surface area is 164 Å². The predicted molar refractivity (Wildman–Crippen MR) is 108 cm³/mol. The van der Waals surface area contributed by atoms with Crippen LogP contribution in [-0.4, -0.2) is 22.3 Å². The van der Waals surface area contributed by atoms with E-state index in [2.05, 4.69) is 58.4 Å². The summed E-state index contributed by atoms with van der Waals surface area (Å²) in [7, 11) is 0. The van der Waals surface area contributed by atoms with E-state index < -0.39 is 0 Å². The van der Waals surface area contributed by atoms with Crippen LogP contribution in [0.5, 0.6) is 0 Å². The van der Waals surface area contributed by atoms with Crippen LogP contribution in [0.3, 0.4) is 0 Å². The van der Waals surface area contributed by atoms with Gasteiger partial charge in [0.1, 0.15) is 5.70 Å². The molecule has 132 valence electrons. The van der Waals surface area contributed by atoms with Crippen molar-refractivity contribution in [1.82, 2.24) is 10.3 Å². The number of nitrogens with one attached hydrogen (secondary N) is 1. The van der Waals surface area contributed by atoms with E-state index in [-0.39, 0.29) is 12.1 Å². The molecular weight excluding hydrogens is 412 g/mol. The Balaban J connectivity index is 2.04. The largest absolute Gasteiger partial charge is 0.298 e. The monoisotopic (exact) mass is 428 g/mol. The second-order valence-electron chi connectivity index (χ2n) is 6.28. The number of carbonyl (C=O) groups is 1. The molecule has 2 aliphatic heterocycles. The molecule has 2 aromatic carbocycles. The number of fused-ring (bicyclic) bond motifs is 2. The standard InChI is InChI=1S/C19H17BrN4OS/c1-10-4-5-11(2)13(8-10)17-21-15-7-6-12(20)9-14(15)16-18(25)22-19(26-3)23-24(16)17/h4-9,17H,1-3H3,(H,22,23,25)/t17-/m0/s1. The smallest absolute Gasteiger partial charge is 0.276 e. The van der Waals surface area contributed by atoms with Crippen molar-refractivity contribution in [3.8, 4) is 0 Å². The Kier molecular flexibility index (Phi) is 4.36. The Morgan fingerprint density at radius 1 is 1.19 bits per heavy atom. The minimum Gasteiger partial charge on any atom is -0.298 e. The van der Waals surface area contributed by atoms with Crippen LogP contribution in [0.4, 0.5) is 0 Å². The van der Waals surface area contributed by atoms with Crippen LogP contribution in [0.2, 0.25) is 0 Å². The molecule has 1 N–H and O–H groups in total.